The molecule has 5 heteroatoms. The van der Waals surface area contributed by atoms with Crippen molar-refractivity contribution in [2.45, 2.75) is 50.5 Å². The van der Waals surface area contributed by atoms with Crippen molar-refractivity contribution in [1.29, 1.82) is 0 Å². The van der Waals surface area contributed by atoms with Crippen LogP contribution < -0.4 is 5.32 Å². The zero-order chi connectivity index (χ0) is 13.0. The van der Waals surface area contributed by atoms with Gasteiger partial charge in [-0.25, -0.2) is 0 Å². The van der Waals surface area contributed by atoms with E-state index in [1.165, 1.54) is 57.9 Å². The molecule has 1 spiro atoms. The molecule has 0 bridgehead atoms. The third-order valence-electron chi connectivity index (χ3n) is 4.54. The summed E-state index contributed by atoms with van der Waals surface area (Å²) in [6.07, 6.45) is 10.4. The van der Waals surface area contributed by atoms with Gasteiger partial charge >= 0.3 is 0 Å². The summed E-state index contributed by atoms with van der Waals surface area (Å²) in [4.78, 5) is 6.69. The van der Waals surface area contributed by atoms with Crippen molar-refractivity contribution in [3.8, 4) is 0 Å². The molecule has 0 unspecified atom stereocenters. The predicted molar refractivity (Wildman–Crippen MR) is 72.9 cm³/mol. The Morgan fingerprint density at radius 3 is 2.95 bits per heavy atom. The van der Waals surface area contributed by atoms with Gasteiger partial charge in [-0.3, -0.25) is 0 Å². The van der Waals surface area contributed by atoms with Crippen LogP contribution in [-0.2, 0) is 6.42 Å². The molecule has 5 nitrogen and oxygen atoms in total. The summed E-state index contributed by atoms with van der Waals surface area (Å²) < 4.78 is 5.09. The third kappa shape index (κ3) is 3.34. The molecule has 1 aromatic heterocycles. The van der Waals surface area contributed by atoms with Crippen molar-refractivity contribution in [1.82, 2.24) is 20.4 Å². The van der Waals surface area contributed by atoms with E-state index in [1.807, 2.05) is 0 Å². The Bertz CT molecular complexity index is 373. The predicted octanol–water partition coefficient (Wildman–Crippen LogP) is 1.61. The zero-order valence-electron chi connectivity index (χ0n) is 11.6. The standard InChI is InChI=1S/C14H24N4O/c1-2-6-14(7-3-1)11-18(9-4-8-16-14)10-5-13-15-12-17-19-13/h12,16H,1-11H2. The first kappa shape index (κ1) is 13.1. The van der Waals surface area contributed by atoms with E-state index in [0.717, 1.165) is 25.4 Å². The fraction of sp³-hybridized carbons (Fsp3) is 0.857. The van der Waals surface area contributed by atoms with E-state index in [2.05, 4.69) is 20.4 Å². The number of hydrogen-bond acceptors (Lipinski definition) is 5. The number of nitrogens with one attached hydrogen (secondary N) is 1. The van der Waals surface area contributed by atoms with E-state index < -0.39 is 0 Å². The van der Waals surface area contributed by atoms with Crippen LogP contribution in [0, 0.1) is 0 Å². The minimum atomic E-state index is 0.379. The highest BCUT2D eigenvalue weighted by atomic mass is 16.5. The lowest BCUT2D eigenvalue weighted by molar-refractivity contribution is 0.162. The van der Waals surface area contributed by atoms with Gasteiger partial charge in [0.2, 0.25) is 5.89 Å². The lowest BCUT2D eigenvalue weighted by Crippen LogP contribution is -2.52. The second kappa shape index (κ2) is 6.01. The van der Waals surface area contributed by atoms with Gasteiger partial charge in [0, 0.05) is 25.0 Å². The Hall–Kier alpha value is -0.940. The summed E-state index contributed by atoms with van der Waals surface area (Å²) in [6.45, 7) is 4.56. The molecule has 1 saturated carbocycles. The average molecular weight is 264 g/mol. The van der Waals surface area contributed by atoms with Crippen LogP contribution >= 0.6 is 0 Å². The molecule has 1 aromatic rings. The molecule has 0 amide bonds. The van der Waals surface area contributed by atoms with E-state index in [1.54, 1.807) is 0 Å². The van der Waals surface area contributed by atoms with Gasteiger partial charge in [0.1, 0.15) is 0 Å². The molecule has 2 fully saturated rings. The van der Waals surface area contributed by atoms with Crippen LogP contribution in [0.3, 0.4) is 0 Å². The lowest BCUT2D eigenvalue weighted by atomic mass is 9.81. The summed E-state index contributed by atoms with van der Waals surface area (Å²) >= 11 is 0. The van der Waals surface area contributed by atoms with Crippen LogP contribution in [-0.4, -0.2) is 46.8 Å². The summed E-state index contributed by atoms with van der Waals surface area (Å²) in [5.74, 6) is 0.759. The maximum Gasteiger partial charge on any atom is 0.227 e. The molecule has 2 aliphatic rings. The average Bonchev–Trinajstić information content (AvgIpc) is 2.88. The highest BCUT2D eigenvalue weighted by Crippen LogP contribution is 2.30. The molecule has 1 saturated heterocycles. The van der Waals surface area contributed by atoms with Gasteiger partial charge < -0.3 is 14.7 Å². The van der Waals surface area contributed by atoms with E-state index >= 15 is 0 Å². The van der Waals surface area contributed by atoms with Gasteiger partial charge in [0.25, 0.3) is 0 Å². The molecule has 0 atom stereocenters. The van der Waals surface area contributed by atoms with Crippen LogP contribution in [0.2, 0.25) is 0 Å². The topological polar surface area (TPSA) is 54.2 Å². The molecule has 0 aromatic carbocycles. The third-order valence-corrected chi connectivity index (χ3v) is 4.54. The SMILES string of the molecule is c1noc(CCN2CCCNC3(CCCCC3)C2)n1. The highest BCUT2D eigenvalue weighted by molar-refractivity contribution is 4.95. The summed E-state index contributed by atoms with van der Waals surface area (Å²) in [5, 5.41) is 7.50. The normalized spacial score (nSPS) is 24.4. The van der Waals surface area contributed by atoms with Gasteiger partial charge in [0.15, 0.2) is 6.33 Å². The second-order valence-electron chi connectivity index (χ2n) is 5.98. The van der Waals surface area contributed by atoms with Gasteiger partial charge in [0.05, 0.1) is 0 Å². The maximum atomic E-state index is 5.09. The largest absolute Gasteiger partial charge is 0.340 e. The summed E-state index contributed by atoms with van der Waals surface area (Å²) in [5.41, 5.74) is 0.379. The Balaban J connectivity index is 1.57. The van der Waals surface area contributed by atoms with E-state index in [4.69, 9.17) is 4.52 Å². The molecule has 1 N–H and O–H groups in total. The van der Waals surface area contributed by atoms with Crippen molar-refractivity contribution >= 4 is 0 Å². The second-order valence-corrected chi connectivity index (χ2v) is 5.98. The van der Waals surface area contributed by atoms with Crippen LogP contribution in [0.1, 0.15) is 44.4 Å². The first-order valence-corrected chi connectivity index (χ1v) is 7.59. The minimum Gasteiger partial charge on any atom is -0.340 e. The number of rotatable bonds is 3. The minimum absolute atomic E-state index is 0.379. The molecule has 1 aliphatic heterocycles. The van der Waals surface area contributed by atoms with Gasteiger partial charge in [-0.15, -0.1) is 0 Å². The van der Waals surface area contributed by atoms with Crippen LogP contribution in [0.15, 0.2) is 10.9 Å². The van der Waals surface area contributed by atoms with Crippen LogP contribution in [0.5, 0.6) is 0 Å². The maximum absolute atomic E-state index is 5.09. The Kier molecular flexibility index (Phi) is 4.13. The molecule has 2 heterocycles. The highest BCUT2D eigenvalue weighted by Gasteiger charge is 2.34. The van der Waals surface area contributed by atoms with E-state index in [0.29, 0.717) is 5.54 Å². The number of aromatic nitrogens is 2. The monoisotopic (exact) mass is 264 g/mol. The molecule has 3 rings (SSSR count). The molecular formula is C14H24N4O. The van der Waals surface area contributed by atoms with Crippen molar-refractivity contribution in [3.05, 3.63) is 12.2 Å². The van der Waals surface area contributed by atoms with Crippen molar-refractivity contribution < 1.29 is 4.52 Å². The van der Waals surface area contributed by atoms with Gasteiger partial charge in [-0.1, -0.05) is 24.4 Å². The first-order valence-electron chi connectivity index (χ1n) is 7.59. The van der Waals surface area contributed by atoms with Crippen LogP contribution in [0.25, 0.3) is 0 Å². The molecule has 1 aliphatic carbocycles. The lowest BCUT2D eigenvalue weighted by Gasteiger charge is -2.40. The molecule has 0 radical (unpaired) electrons. The number of hydrogen-bond donors (Lipinski definition) is 1. The fourth-order valence-electron chi connectivity index (χ4n) is 3.53. The fourth-order valence-corrected chi connectivity index (χ4v) is 3.53. The quantitative estimate of drug-likeness (QED) is 0.899. The van der Waals surface area contributed by atoms with Crippen molar-refractivity contribution in [2.24, 2.45) is 0 Å². The smallest absolute Gasteiger partial charge is 0.227 e. The zero-order valence-corrected chi connectivity index (χ0v) is 11.6. The van der Waals surface area contributed by atoms with Gasteiger partial charge in [-0.2, -0.15) is 4.98 Å². The van der Waals surface area contributed by atoms with Crippen molar-refractivity contribution in [2.75, 3.05) is 26.2 Å². The Labute approximate surface area is 114 Å². The number of nitrogens with zero attached hydrogens (tertiary/aromatic N) is 3. The van der Waals surface area contributed by atoms with E-state index in [-0.39, 0.29) is 0 Å². The van der Waals surface area contributed by atoms with Crippen molar-refractivity contribution in [3.63, 3.8) is 0 Å². The summed E-state index contributed by atoms with van der Waals surface area (Å²) in [6, 6.07) is 0. The van der Waals surface area contributed by atoms with Gasteiger partial charge in [-0.05, 0) is 32.4 Å². The Morgan fingerprint density at radius 1 is 1.26 bits per heavy atom. The summed E-state index contributed by atoms with van der Waals surface area (Å²) in [7, 11) is 0. The van der Waals surface area contributed by atoms with Crippen LogP contribution in [0.4, 0.5) is 0 Å². The Morgan fingerprint density at radius 2 is 2.16 bits per heavy atom. The molecule has 19 heavy (non-hydrogen) atoms. The molecular weight excluding hydrogens is 240 g/mol. The first-order chi connectivity index (χ1) is 9.36. The van der Waals surface area contributed by atoms with E-state index in [9.17, 15) is 0 Å². The molecule has 106 valence electrons.